The molecule has 242 valence electrons. The standard InChI is InChI=1S/C49H31N3/c1-2-15-36(16-3-1)51-45-23-10-8-20-40(45)37-17-4-5-18-38(37)43-30-34(26-28-47(43)51)32-13-12-14-33(29-32)35-25-27-44-48(31-35)52-46-24-11-9-21-41(46)39-19-6-7-22-42(39)49(52)50-44/h1-31H. The highest BCUT2D eigenvalue weighted by molar-refractivity contribution is 6.14. The first-order chi connectivity index (χ1) is 25.8. The normalized spacial score (nSPS) is 12.2. The minimum Gasteiger partial charge on any atom is -0.309 e. The lowest BCUT2D eigenvalue weighted by Crippen LogP contribution is -2.10. The van der Waals surface area contributed by atoms with E-state index in [2.05, 4.69) is 197 Å². The van der Waals surface area contributed by atoms with E-state index in [1.807, 2.05) is 0 Å². The molecular weight excluding hydrogens is 631 g/mol. The number of para-hydroxylation sites is 3. The molecule has 10 aromatic rings. The molecule has 1 aliphatic rings. The lowest BCUT2D eigenvalue weighted by Gasteiger charge is -2.27. The molecule has 0 aliphatic carbocycles. The average molecular weight is 662 g/mol. The van der Waals surface area contributed by atoms with Crippen molar-refractivity contribution in [3.8, 4) is 44.5 Å². The predicted molar refractivity (Wildman–Crippen MR) is 218 cm³/mol. The number of aromatic nitrogens is 2. The summed E-state index contributed by atoms with van der Waals surface area (Å²) in [5.41, 5.74) is 17.4. The lowest BCUT2D eigenvalue weighted by atomic mass is 9.92. The topological polar surface area (TPSA) is 20.5 Å². The molecule has 0 N–H and O–H groups in total. The van der Waals surface area contributed by atoms with Gasteiger partial charge in [0.15, 0.2) is 0 Å². The fourth-order valence-electron chi connectivity index (χ4n) is 8.33. The van der Waals surface area contributed by atoms with E-state index in [0.717, 1.165) is 22.4 Å². The van der Waals surface area contributed by atoms with Gasteiger partial charge in [0, 0.05) is 27.6 Å². The maximum Gasteiger partial charge on any atom is 0.146 e. The van der Waals surface area contributed by atoms with Crippen molar-refractivity contribution in [1.29, 1.82) is 0 Å². The molecule has 8 aromatic carbocycles. The third-order valence-electron chi connectivity index (χ3n) is 10.7. The van der Waals surface area contributed by atoms with Crippen LogP contribution in [0.4, 0.5) is 17.1 Å². The molecule has 0 spiro atoms. The average Bonchev–Trinajstić information content (AvgIpc) is 3.56. The molecule has 1 aliphatic heterocycles. The highest BCUT2D eigenvalue weighted by atomic mass is 15.1. The number of hydrogen-bond donors (Lipinski definition) is 0. The number of anilines is 3. The second-order valence-corrected chi connectivity index (χ2v) is 13.6. The van der Waals surface area contributed by atoms with Crippen LogP contribution in [0.5, 0.6) is 0 Å². The van der Waals surface area contributed by atoms with Crippen LogP contribution in [0.25, 0.3) is 82.9 Å². The van der Waals surface area contributed by atoms with Crippen molar-refractivity contribution in [3.05, 3.63) is 188 Å². The number of fused-ring (bicyclic) bond motifs is 13. The summed E-state index contributed by atoms with van der Waals surface area (Å²) in [5, 5.41) is 3.63. The number of imidazole rings is 1. The van der Waals surface area contributed by atoms with E-state index in [-0.39, 0.29) is 0 Å². The Balaban J connectivity index is 1.08. The Labute approximate surface area is 301 Å². The van der Waals surface area contributed by atoms with E-state index in [1.165, 1.54) is 77.6 Å². The zero-order valence-electron chi connectivity index (χ0n) is 28.2. The third-order valence-corrected chi connectivity index (χ3v) is 10.7. The van der Waals surface area contributed by atoms with Crippen LogP contribution in [0.15, 0.2) is 188 Å². The van der Waals surface area contributed by atoms with Crippen LogP contribution in [0, 0.1) is 0 Å². The van der Waals surface area contributed by atoms with Crippen LogP contribution in [0.3, 0.4) is 0 Å². The molecule has 0 radical (unpaired) electrons. The zero-order valence-corrected chi connectivity index (χ0v) is 28.2. The second kappa shape index (κ2) is 11.3. The summed E-state index contributed by atoms with van der Waals surface area (Å²) in [4.78, 5) is 7.57. The van der Waals surface area contributed by atoms with Crippen LogP contribution < -0.4 is 4.90 Å². The van der Waals surface area contributed by atoms with Crippen molar-refractivity contribution in [1.82, 2.24) is 9.38 Å². The second-order valence-electron chi connectivity index (χ2n) is 13.6. The molecule has 0 saturated heterocycles. The van der Waals surface area contributed by atoms with Crippen molar-refractivity contribution in [2.75, 3.05) is 4.90 Å². The lowest BCUT2D eigenvalue weighted by molar-refractivity contribution is 1.29. The highest BCUT2D eigenvalue weighted by Gasteiger charge is 2.26. The van der Waals surface area contributed by atoms with Gasteiger partial charge in [0.05, 0.1) is 27.9 Å². The van der Waals surface area contributed by atoms with Gasteiger partial charge in [-0.15, -0.1) is 0 Å². The first-order valence-electron chi connectivity index (χ1n) is 17.8. The van der Waals surface area contributed by atoms with Gasteiger partial charge in [-0.1, -0.05) is 133 Å². The third kappa shape index (κ3) is 4.30. The van der Waals surface area contributed by atoms with Crippen molar-refractivity contribution in [2.45, 2.75) is 0 Å². The molecule has 0 bridgehead atoms. The Morgan fingerprint density at radius 1 is 0.346 bits per heavy atom. The smallest absolute Gasteiger partial charge is 0.146 e. The van der Waals surface area contributed by atoms with Gasteiger partial charge in [0.1, 0.15) is 5.65 Å². The Kier molecular flexibility index (Phi) is 6.25. The molecule has 0 amide bonds. The summed E-state index contributed by atoms with van der Waals surface area (Å²) in [6.45, 7) is 0. The van der Waals surface area contributed by atoms with Gasteiger partial charge in [-0.2, -0.15) is 0 Å². The molecule has 3 heteroatoms. The maximum atomic E-state index is 5.16. The monoisotopic (exact) mass is 661 g/mol. The number of nitrogens with zero attached hydrogens (tertiary/aromatic N) is 3. The first-order valence-corrected chi connectivity index (χ1v) is 17.8. The summed E-state index contributed by atoms with van der Waals surface area (Å²) >= 11 is 0. The van der Waals surface area contributed by atoms with Crippen LogP contribution in [-0.2, 0) is 0 Å². The molecule has 2 aromatic heterocycles. The Bertz CT molecular complexity index is 3030. The number of benzene rings is 8. The molecule has 0 atom stereocenters. The van der Waals surface area contributed by atoms with Gasteiger partial charge in [0.25, 0.3) is 0 Å². The number of hydrogen-bond acceptors (Lipinski definition) is 2. The molecule has 3 heterocycles. The van der Waals surface area contributed by atoms with E-state index in [4.69, 9.17) is 4.98 Å². The van der Waals surface area contributed by atoms with E-state index < -0.39 is 0 Å². The molecular formula is C49H31N3. The molecule has 52 heavy (non-hydrogen) atoms. The quantitative estimate of drug-likeness (QED) is 0.176. The van der Waals surface area contributed by atoms with Gasteiger partial charge in [-0.25, -0.2) is 4.98 Å². The fourth-order valence-corrected chi connectivity index (χ4v) is 8.33. The largest absolute Gasteiger partial charge is 0.309 e. The van der Waals surface area contributed by atoms with Crippen molar-refractivity contribution >= 4 is 55.4 Å². The van der Waals surface area contributed by atoms with Crippen molar-refractivity contribution < 1.29 is 0 Å². The van der Waals surface area contributed by atoms with E-state index in [1.54, 1.807) is 0 Å². The van der Waals surface area contributed by atoms with Gasteiger partial charge in [-0.05, 0) is 93.4 Å². The highest BCUT2D eigenvalue weighted by Crippen LogP contribution is 2.51. The maximum absolute atomic E-state index is 5.16. The van der Waals surface area contributed by atoms with Crippen molar-refractivity contribution in [2.24, 2.45) is 0 Å². The summed E-state index contributed by atoms with van der Waals surface area (Å²) in [6.07, 6.45) is 0. The van der Waals surface area contributed by atoms with Crippen LogP contribution >= 0.6 is 0 Å². The summed E-state index contributed by atoms with van der Waals surface area (Å²) in [5.74, 6) is 0. The predicted octanol–water partition coefficient (Wildman–Crippen LogP) is 13.2. The summed E-state index contributed by atoms with van der Waals surface area (Å²) < 4.78 is 2.33. The Morgan fingerprint density at radius 3 is 1.77 bits per heavy atom. The van der Waals surface area contributed by atoms with E-state index in [0.29, 0.717) is 0 Å². The minimum absolute atomic E-state index is 0.993. The van der Waals surface area contributed by atoms with Crippen LogP contribution in [0.1, 0.15) is 0 Å². The van der Waals surface area contributed by atoms with Crippen LogP contribution in [0.2, 0.25) is 0 Å². The number of pyridine rings is 1. The number of rotatable bonds is 3. The van der Waals surface area contributed by atoms with E-state index >= 15 is 0 Å². The molecule has 0 saturated carbocycles. The van der Waals surface area contributed by atoms with Gasteiger partial charge < -0.3 is 4.90 Å². The van der Waals surface area contributed by atoms with Gasteiger partial charge in [-0.3, -0.25) is 4.40 Å². The minimum atomic E-state index is 0.993. The van der Waals surface area contributed by atoms with Crippen molar-refractivity contribution in [3.63, 3.8) is 0 Å². The Hall–Kier alpha value is -6.97. The molecule has 0 unspecified atom stereocenters. The Morgan fingerprint density at radius 2 is 0.942 bits per heavy atom. The molecule has 0 fully saturated rings. The van der Waals surface area contributed by atoms with Gasteiger partial charge in [0.2, 0.25) is 0 Å². The van der Waals surface area contributed by atoms with Gasteiger partial charge >= 0.3 is 0 Å². The van der Waals surface area contributed by atoms with E-state index in [9.17, 15) is 0 Å². The fraction of sp³-hybridized carbons (Fsp3) is 0. The molecule has 11 rings (SSSR count). The zero-order chi connectivity index (χ0) is 34.2. The summed E-state index contributed by atoms with van der Waals surface area (Å²) in [7, 11) is 0. The van der Waals surface area contributed by atoms with Crippen LogP contribution in [-0.4, -0.2) is 9.38 Å². The summed E-state index contributed by atoms with van der Waals surface area (Å²) in [6, 6.07) is 68.1. The molecule has 3 nitrogen and oxygen atoms in total. The first kappa shape index (κ1) is 28.8. The SMILES string of the molecule is c1ccc(N2c3ccccc3-c3ccccc3-c3cc(-c4cccc(-c5ccc6nc7c8ccccc8c8ccccc8n7c6c5)c4)ccc32)cc1.